The van der Waals surface area contributed by atoms with Gasteiger partial charge in [0.25, 0.3) is 0 Å². The van der Waals surface area contributed by atoms with E-state index in [4.69, 9.17) is 17.2 Å². The van der Waals surface area contributed by atoms with Crippen LogP contribution in [0.4, 0.5) is 4.79 Å². The summed E-state index contributed by atoms with van der Waals surface area (Å²) in [4.78, 5) is 18.6. The molecule has 0 aliphatic rings. The monoisotopic (exact) mass is 344 g/mol. The van der Waals surface area contributed by atoms with Crippen molar-refractivity contribution < 1.29 is 4.79 Å². The fourth-order valence-corrected chi connectivity index (χ4v) is 3.91. The van der Waals surface area contributed by atoms with Gasteiger partial charge in [0.15, 0.2) is 0 Å². The second-order valence-electron chi connectivity index (χ2n) is 6.91. The Labute approximate surface area is 148 Å². The van der Waals surface area contributed by atoms with Crippen LogP contribution in [0.3, 0.4) is 0 Å². The highest BCUT2D eigenvalue weighted by atomic mass is 16.2. The third-order valence-corrected chi connectivity index (χ3v) is 4.95. The van der Waals surface area contributed by atoms with Crippen LogP contribution in [0.2, 0.25) is 0 Å². The fraction of sp³-hybridized carbons (Fsp3) is 0.941. The van der Waals surface area contributed by atoms with Crippen molar-refractivity contribution in [2.24, 2.45) is 17.2 Å². The average Bonchev–Trinajstić information content (AvgIpc) is 2.47. The van der Waals surface area contributed by atoms with Gasteiger partial charge in [-0.25, -0.2) is 4.79 Å². The topological polar surface area (TPSA) is 105 Å². The molecule has 0 aromatic carbocycles. The largest absolute Gasteiger partial charge is 0.351 e. The normalized spacial score (nSPS) is 16.9. The SMILES string of the molecule is CCC(C(CCN)N(C(N)=O)C(CCN)C(CC)N(C)C)N(C)C. The molecule has 4 unspecified atom stereocenters. The molecular weight excluding hydrogens is 304 g/mol. The van der Waals surface area contributed by atoms with Crippen LogP contribution < -0.4 is 17.2 Å². The molecular formula is C17H40N6O. The first-order valence-corrected chi connectivity index (χ1v) is 9.07. The van der Waals surface area contributed by atoms with Crippen molar-refractivity contribution in [3.8, 4) is 0 Å². The molecule has 6 N–H and O–H groups in total. The minimum atomic E-state index is -0.382. The van der Waals surface area contributed by atoms with E-state index < -0.39 is 0 Å². The average molecular weight is 345 g/mol. The van der Waals surface area contributed by atoms with Crippen LogP contribution in [0, 0.1) is 0 Å². The summed E-state index contributed by atoms with van der Waals surface area (Å²) in [6, 6.07) is 0.00517. The summed E-state index contributed by atoms with van der Waals surface area (Å²) in [5.74, 6) is 0. The Bertz CT molecular complexity index is 324. The Morgan fingerprint density at radius 3 is 1.29 bits per heavy atom. The standard InChI is InChI=1S/C17H40N6O/c1-7-13(21(3)4)15(9-11-18)23(17(20)24)16(10-12-19)14(8-2)22(5)6/h13-16H,7-12,18-19H2,1-6H3,(H2,20,24). The number of rotatable bonds is 12. The van der Waals surface area contributed by atoms with Gasteiger partial charge >= 0.3 is 6.03 Å². The Kier molecular flexibility index (Phi) is 11.2. The number of urea groups is 1. The predicted octanol–water partition coefficient (Wildman–Crippen LogP) is 0.482. The zero-order valence-electron chi connectivity index (χ0n) is 16.5. The van der Waals surface area contributed by atoms with Crippen LogP contribution in [-0.4, -0.2) is 86.2 Å². The van der Waals surface area contributed by atoms with Gasteiger partial charge in [0.05, 0.1) is 12.1 Å². The Morgan fingerprint density at radius 2 is 1.12 bits per heavy atom. The van der Waals surface area contributed by atoms with Crippen LogP contribution in [0.1, 0.15) is 39.5 Å². The first-order valence-electron chi connectivity index (χ1n) is 9.07. The summed E-state index contributed by atoms with van der Waals surface area (Å²) >= 11 is 0. The zero-order chi connectivity index (χ0) is 18.9. The highest BCUT2D eigenvalue weighted by molar-refractivity contribution is 5.73. The van der Waals surface area contributed by atoms with Crippen LogP contribution >= 0.6 is 0 Å². The van der Waals surface area contributed by atoms with Crippen molar-refractivity contribution in [1.29, 1.82) is 0 Å². The van der Waals surface area contributed by atoms with E-state index in [1.54, 1.807) is 0 Å². The van der Waals surface area contributed by atoms with Gasteiger partial charge in [-0.2, -0.15) is 0 Å². The summed E-state index contributed by atoms with van der Waals surface area (Å²) < 4.78 is 0. The van der Waals surface area contributed by atoms with Gasteiger partial charge in [-0.3, -0.25) is 0 Å². The summed E-state index contributed by atoms with van der Waals surface area (Å²) in [6.45, 7) is 5.31. The van der Waals surface area contributed by atoms with E-state index in [1.165, 1.54) is 0 Å². The third kappa shape index (κ3) is 6.20. The molecule has 7 nitrogen and oxygen atoms in total. The molecule has 0 aromatic rings. The van der Waals surface area contributed by atoms with Crippen LogP contribution in [0.25, 0.3) is 0 Å². The highest BCUT2D eigenvalue weighted by Crippen LogP contribution is 2.24. The summed E-state index contributed by atoms with van der Waals surface area (Å²) in [5, 5.41) is 0. The lowest BCUT2D eigenvalue weighted by Gasteiger charge is -2.46. The van der Waals surface area contributed by atoms with Crippen LogP contribution in [-0.2, 0) is 0 Å². The van der Waals surface area contributed by atoms with E-state index in [2.05, 4.69) is 23.6 Å². The number of nitrogens with zero attached hydrogens (tertiary/aromatic N) is 3. The highest BCUT2D eigenvalue weighted by Gasteiger charge is 2.37. The quantitative estimate of drug-likeness (QED) is 0.478. The second-order valence-corrected chi connectivity index (χ2v) is 6.91. The molecule has 0 saturated carbocycles. The maximum absolute atomic E-state index is 12.4. The van der Waals surface area contributed by atoms with Crippen molar-refractivity contribution in [1.82, 2.24) is 14.7 Å². The number of hydrogen-bond donors (Lipinski definition) is 3. The van der Waals surface area contributed by atoms with Crippen molar-refractivity contribution >= 4 is 6.03 Å². The van der Waals surface area contributed by atoms with Crippen molar-refractivity contribution in [2.45, 2.75) is 63.7 Å². The van der Waals surface area contributed by atoms with Crippen LogP contribution in [0.5, 0.6) is 0 Å². The first kappa shape index (κ1) is 23.1. The smallest absolute Gasteiger partial charge is 0.315 e. The summed E-state index contributed by atoms with van der Waals surface area (Å²) in [6.07, 6.45) is 3.31. The third-order valence-electron chi connectivity index (χ3n) is 4.95. The summed E-state index contributed by atoms with van der Waals surface area (Å²) in [5.41, 5.74) is 17.6. The number of carbonyl (C=O) groups excluding carboxylic acids is 1. The molecule has 0 spiro atoms. The molecule has 0 bridgehead atoms. The first-order chi connectivity index (χ1) is 11.3. The predicted molar refractivity (Wildman–Crippen MR) is 102 cm³/mol. The molecule has 0 aliphatic carbocycles. The number of amides is 2. The lowest BCUT2D eigenvalue weighted by atomic mass is 9.92. The van der Waals surface area contributed by atoms with Gasteiger partial charge in [-0.15, -0.1) is 0 Å². The van der Waals surface area contributed by atoms with Crippen molar-refractivity contribution in [3.63, 3.8) is 0 Å². The molecule has 0 rings (SSSR count). The molecule has 7 heteroatoms. The van der Waals surface area contributed by atoms with E-state index in [0.717, 1.165) is 25.7 Å². The lowest BCUT2D eigenvalue weighted by molar-refractivity contribution is 0.0526. The van der Waals surface area contributed by atoms with Gasteiger partial charge in [-0.05, 0) is 67.0 Å². The van der Waals surface area contributed by atoms with E-state index in [-0.39, 0.29) is 30.2 Å². The maximum Gasteiger partial charge on any atom is 0.315 e. The van der Waals surface area contributed by atoms with Crippen molar-refractivity contribution in [2.75, 3.05) is 41.3 Å². The maximum atomic E-state index is 12.4. The summed E-state index contributed by atoms with van der Waals surface area (Å²) in [7, 11) is 8.16. The Hall–Kier alpha value is -0.890. The molecule has 24 heavy (non-hydrogen) atoms. The van der Waals surface area contributed by atoms with E-state index in [1.807, 2.05) is 33.1 Å². The number of nitrogens with two attached hydrogens (primary N) is 3. The zero-order valence-corrected chi connectivity index (χ0v) is 16.5. The minimum absolute atomic E-state index is 0.0157. The van der Waals surface area contributed by atoms with Gasteiger partial charge in [-0.1, -0.05) is 13.8 Å². The number of carbonyl (C=O) groups is 1. The molecule has 0 aliphatic heterocycles. The molecule has 0 radical (unpaired) electrons. The van der Waals surface area contributed by atoms with E-state index >= 15 is 0 Å². The number of primary amides is 1. The molecule has 0 heterocycles. The Balaban J connectivity index is 5.89. The molecule has 0 fully saturated rings. The number of hydrogen-bond acceptors (Lipinski definition) is 5. The second kappa shape index (κ2) is 11.6. The van der Waals surface area contributed by atoms with Gasteiger partial charge < -0.3 is 31.9 Å². The molecule has 2 amide bonds. The van der Waals surface area contributed by atoms with E-state index in [0.29, 0.717) is 13.1 Å². The molecule has 0 saturated heterocycles. The fourth-order valence-electron chi connectivity index (χ4n) is 3.91. The molecule has 0 aromatic heterocycles. The number of likely N-dealkylation sites (N-methyl/N-ethyl adjacent to an activating group) is 2. The lowest BCUT2D eigenvalue weighted by Crippen LogP contribution is -2.62. The van der Waals surface area contributed by atoms with Crippen LogP contribution in [0.15, 0.2) is 0 Å². The molecule has 4 atom stereocenters. The van der Waals surface area contributed by atoms with Gasteiger partial charge in [0.2, 0.25) is 0 Å². The van der Waals surface area contributed by atoms with Gasteiger partial charge in [0.1, 0.15) is 0 Å². The van der Waals surface area contributed by atoms with Gasteiger partial charge in [0, 0.05) is 12.1 Å². The minimum Gasteiger partial charge on any atom is -0.351 e. The molecule has 144 valence electrons. The Morgan fingerprint density at radius 1 is 0.792 bits per heavy atom. The van der Waals surface area contributed by atoms with E-state index in [9.17, 15) is 4.79 Å². The van der Waals surface area contributed by atoms with Crippen molar-refractivity contribution in [3.05, 3.63) is 0 Å².